The quantitative estimate of drug-likeness (QED) is 0.478. The zero-order valence-corrected chi connectivity index (χ0v) is 19.9. The van der Waals surface area contributed by atoms with Gasteiger partial charge in [-0.05, 0) is 38.5 Å². The molecule has 1 aliphatic heterocycles. The number of H-pyrrole nitrogens is 1. The minimum Gasteiger partial charge on any atom is -0.462 e. The Labute approximate surface area is 202 Å². The van der Waals surface area contributed by atoms with Gasteiger partial charge in [0.1, 0.15) is 11.8 Å². The molecule has 0 spiro atoms. The van der Waals surface area contributed by atoms with Crippen LogP contribution in [0, 0.1) is 18.3 Å². The molecule has 0 aliphatic carbocycles. The Hall–Kier alpha value is -4.04. The predicted octanol–water partition coefficient (Wildman–Crippen LogP) is 3.12. The number of nitriles is 1. The highest BCUT2D eigenvalue weighted by Gasteiger charge is 2.29. The summed E-state index contributed by atoms with van der Waals surface area (Å²) >= 11 is 0. The molecule has 184 valence electrons. The van der Waals surface area contributed by atoms with E-state index in [4.69, 9.17) is 18.3 Å². The summed E-state index contributed by atoms with van der Waals surface area (Å²) in [5.41, 5.74) is 1.95. The number of carbonyl (C=O) groups excluding carboxylic acids is 2. The molecule has 35 heavy (non-hydrogen) atoms. The molecule has 0 aromatic carbocycles. The van der Waals surface area contributed by atoms with Crippen molar-refractivity contribution in [1.29, 1.82) is 5.26 Å². The average molecular weight is 482 g/mol. The summed E-state index contributed by atoms with van der Waals surface area (Å²) in [4.78, 5) is 36.5. The molecular weight excluding hydrogens is 454 g/mol. The number of carbonyl (C=O) groups is 2. The molecule has 0 saturated carbocycles. The van der Waals surface area contributed by atoms with E-state index in [2.05, 4.69) is 20.9 Å². The number of hydrogen-bond acceptors (Lipinski definition) is 10. The summed E-state index contributed by atoms with van der Waals surface area (Å²) in [5.74, 6) is 0.143. The molecule has 1 aliphatic rings. The highest BCUT2D eigenvalue weighted by atomic mass is 16.5. The minimum atomic E-state index is -0.506. The zero-order chi connectivity index (χ0) is 24.9. The Bertz CT molecular complexity index is 1230. The molecule has 0 radical (unpaired) electrons. The number of hydrogen-bond donors (Lipinski definition) is 1. The van der Waals surface area contributed by atoms with Gasteiger partial charge < -0.3 is 28.2 Å². The molecule has 11 nitrogen and oxygen atoms in total. The van der Waals surface area contributed by atoms with Gasteiger partial charge in [0, 0.05) is 38.4 Å². The second-order valence-electron chi connectivity index (χ2n) is 7.94. The van der Waals surface area contributed by atoms with Crippen LogP contribution in [0.2, 0.25) is 0 Å². The number of aromatic nitrogens is 2. The predicted molar refractivity (Wildman–Crippen MR) is 124 cm³/mol. The van der Waals surface area contributed by atoms with Crippen LogP contribution in [0.15, 0.2) is 27.2 Å². The number of nitrogens with one attached hydrogen (secondary N) is 1. The van der Waals surface area contributed by atoms with Gasteiger partial charge in [-0.15, -0.1) is 0 Å². The summed E-state index contributed by atoms with van der Waals surface area (Å²) in [5, 5.41) is 9.52. The fraction of sp³-hybridized carbons (Fsp3) is 0.417. The van der Waals surface area contributed by atoms with Crippen molar-refractivity contribution in [3.05, 3.63) is 46.6 Å². The third-order valence-electron chi connectivity index (χ3n) is 5.78. The van der Waals surface area contributed by atoms with Gasteiger partial charge in [0.05, 0.1) is 25.0 Å². The van der Waals surface area contributed by atoms with E-state index < -0.39 is 11.9 Å². The molecule has 4 heterocycles. The van der Waals surface area contributed by atoms with Crippen LogP contribution in [0.25, 0.3) is 11.7 Å². The van der Waals surface area contributed by atoms with Crippen molar-refractivity contribution >= 4 is 17.8 Å². The minimum absolute atomic E-state index is 0.202. The fourth-order valence-electron chi connectivity index (χ4n) is 4.10. The van der Waals surface area contributed by atoms with Gasteiger partial charge in [0.2, 0.25) is 11.6 Å². The van der Waals surface area contributed by atoms with E-state index in [1.54, 1.807) is 32.9 Å². The molecule has 0 amide bonds. The number of anilines is 1. The van der Waals surface area contributed by atoms with Crippen molar-refractivity contribution in [2.75, 3.05) is 44.3 Å². The molecule has 0 unspecified atom stereocenters. The maximum atomic E-state index is 12.7. The van der Waals surface area contributed by atoms with E-state index in [0.717, 1.165) is 0 Å². The van der Waals surface area contributed by atoms with E-state index in [1.807, 2.05) is 4.90 Å². The number of furan rings is 1. The number of piperazine rings is 1. The topological polar surface area (TPSA) is 138 Å². The standard InChI is InChI=1S/C24H27N5O6/c1-4-32-23(30)19-15(3)20(24(31)33-5-2)26-17(19)14-28-8-10-29(11-9-28)22-16(13-25)27-21(35-22)18-7-6-12-34-18/h6-7,12,26H,4-5,8-11,14H2,1-3H3. The normalized spacial score (nSPS) is 14.1. The van der Waals surface area contributed by atoms with Crippen molar-refractivity contribution in [2.24, 2.45) is 0 Å². The number of oxazole rings is 1. The Morgan fingerprint density at radius 3 is 2.51 bits per heavy atom. The Morgan fingerprint density at radius 2 is 1.89 bits per heavy atom. The maximum Gasteiger partial charge on any atom is 0.355 e. The largest absolute Gasteiger partial charge is 0.462 e. The van der Waals surface area contributed by atoms with Gasteiger partial charge >= 0.3 is 11.9 Å². The summed E-state index contributed by atoms with van der Waals surface area (Å²) < 4.78 is 21.5. The average Bonchev–Trinajstić information content (AvgIpc) is 3.59. The monoisotopic (exact) mass is 481 g/mol. The van der Waals surface area contributed by atoms with E-state index in [-0.39, 0.29) is 30.5 Å². The lowest BCUT2D eigenvalue weighted by atomic mass is 10.1. The molecule has 1 saturated heterocycles. The first-order valence-corrected chi connectivity index (χ1v) is 11.4. The van der Waals surface area contributed by atoms with Crippen molar-refractivity contribution in [3.63, 3.8) is 0 Å². The molecule has 1 N–H and O–H groups in total. The van der Waals surface area contributed by atoms with E-state index >= 15 is 0 Å². The van der Waals surface area contributed by atoms with Crippen molar-refractivity contribution < 1.29 is 27.9 Å². The second-order valence-corrected chi connectivity index (χ2v) is 7.94. The molecule has 3 aromatic heterocycles. The van der Waals surface area contributed by atoms with Crippen LogP contribution in [0.5, 0.6) is 0 Å². The summed E-state index contributed by atoms with van der Waals surface area (Å²) in [6.45, 7) is 8.50. The summed E-state index contributed by atoms with van der Waals surface area (Å²) in [6, 6.07) is 5.53. The first-order valence-electron chi connectivity index (χ1n) is 11.4. The Kier molecular flexibility index (Phi) is 7.22. The number of nitrogens with zero attached hydrogens (tertiary/aromatic N) is 4. The lowest BCUT2D eigenvalue weighted by Crippen LogP contribution is -2.46. The Balaban J connectivity index is 1.49. The highest BCUT2D eigenvalue weighted by molar-refractivity contribution is 5.98. The van der Waals surface area contributed by atoms with Gasteiger partial charge in [0.25, 0.3) is 5.89 Å². The van der Waals surface area contributed by atoms with Crippen LogP contribution in [-0.4, -0.2) is 66.2 Å². The lowest BCUT2D eigenvalue weighted by molar-refractivity contribution is 0.0517. The molecule has 3 aromatic rings. The van der Waals surface area contributed by atoms with Gasteiger partial charge in [-0.2, -0.15) is 10.2 Å². The number of aromatic amines is 1. The first-order chi connectivity index (χ1) is 17.0. The van der Waals surface area contributed by atoms with E-state index in [0.29, 0.717) is 61.2 Å². The SMILES string of the molecule is CCOC(=O)c1[nH]c(CN2CCN(c3oc(-c4ccco4)nc3C#N)CC2)c(C(=O)OCC)c1C. The van der Waals surface area contributed by atoms with Gasteiger partial charge in [-0.1, -0.05) is 0 Å². The number of ether oxygens (including phenoxy) is 2. The first kappa shape index (κ1) is 24.1. The van der Waals surface area contributed by atoms with E-state index in [1.165, 1.54) is 6.26 Å². The van der Waals surface area contributed by atoms with Crippen LogP contribution in [0.3, 0.4) is 0 Å². The smallest absolute Gasteiger partial charge is 0.355 e. The maximum absolute atomic E-state index is 12.7. The van der Waals surface area contributed by atoms with E-state index in [9.17, 15) is 14.9 Å². The third-order valence-corrected chi connectivity index (χ3v) is 5.78. The number of esters is 2. The van der Waals surface area contributed by atoms with Crippen molar-refractivity contribution in [1.82, 2.24) is 14.9 Å². The van der Waals surface area contributed by atoms with Crippen LogP contribution >= 0.6 is 0 Å². The van der Waals surface area contributed by atoms with Crippen molar-refractivity contribution in [3.8, 4) is 17.7 Å². The molecular formula is C24H27N5O6. The van der Waals surface area contributed by atoms with Crippen LogP contribution < -0.4 is 4.90 Å². The second kappa shape index (κ2) is 10.5. The zero-order valence-electron chi connectivity index (χ0n) is 19.9. The highest BCUT2D eigenvalue weighted by Crippen LogP contribution is 2.29. The molecule has 4 rings (SSSR count). The van der Waals surface area contributed by atoms with Gasteiger partial charge in [-0.3, -0.25) is 4.90 Å². The molecule has 0 bridgehead atoms. The Morgan fingerprint density at radius 1 is 1.17 bits per heavy atom. The van der Waals surface area contributed by atoms with Gasteiger partial charge in [0.15, 0.2) is 5.76 Å². The molecule has 11 heteroatoms. The fourth-order valence-corrected chi connectivity index (χ4v) is 4.10. The van der Waals surface area contributed by atoms with Crippen LogP contribution in [-0.2, 0) is 16.0 Å². The summed E-state index contributed by atoms with van der Waals surface area (Å²) in [6.07, 6.45) is 1.52. The van der Waals surface area contributed by atoms with Crippen LogP contribution in [0.1, 0.15) is 51.6 Å². The molecule has 0 atom stereocenters. The third kappa shape index (κ3) is 4.93. The van der Waals surface area contributed by atoms with Crippen LogP contribution in [0.4, 0.5) is 5.88 Å². The molecule has 1 fully saturated rings. The summed E-state index contributed by atoms with van der Waals surface area (Å²) in [7, 11) is 0. The van der Waals surface area contributed by atoms with Crippen molar-refractivity contribution in [2.45, 2.75) is 27.3 Å². The van der Waals surface area contributed by atoms with Gasteiger partial charge in [-0.25, -0.2) is 9.59 Å². The lowest BCUT2D eigenvalue weighted by Gasteiger charge is -2.34. The number of rotatable bonds is 8.